The number of nitrogens with zero attached hydrogens (tertiary/aromatic N) is 2. The van der Waals surface area contributed by atoms with Crippen molar-refractivity contribution >= 4 is 65.3 Å². The van der Waals surface area contributed by atoms with Crippen LogP contribution in [0.25, 0.3) is 0 Å². The molecular formula is C26H28Br3ClN2O3. The minimum Gasteiger partial charge on any atom is -0.618 e. The van der Waals surface area contributed by atoms with E-state index in [-0.39, 0.29) is 17.7 Å². The van der Waals surface area contributed by atoms with Crippen molar-refractivity contribution in [3.63, 3.8) is 0 Å². The molecule has 0 saturated carbocycles. The lowest BCUT2D eigenvalue weighted by Crippen LogP contribution is -2.43. The number of hydrogen-bond acceptors (Lipinski definition) is 3. The normalized spacial score (nSPS) is 21.4. The molecule has 2 aromatic rings. The molecule has 3 aliphatic rings. The van der Waals surface area contributed by atoms with E-state index in [2.05, 4.69) is 53.9 Å². The first-order chi connectivity index (χ1) is 16.8. The van der Waals surface area contributed by atoms with Crippen molar-refractivity contribution in [1.82, 2.24) is 4.90 Å². The number of benzene rings is 1. The van der Waals surface area contributed by atoms with Crippen molar-refractivity contribution in [2.24, 2.45) is 11.8 Å². The predicted octanol–water partition coefficient (Wildman–Crippen LogP) is 6.55. The molecular weight excluding hydrogens is 663 g/mol. The number of amides is 1. The van der Waals surface area contributed by atoms with Crippen molar-refractivity contribution in [3.8, 4) is 0 Å². The van der Waals surface area contributed by atoms with Crippen molar-refractivity contribution in [2.45, 2.75) is 50.9 Å². The van der Waals surface area contributed by atoms with Crippen LogP contribution in [-0.2, 0) is 22.4 Å². The smallest absolute Gasteiger partial charge is 0.222 e. The second-order valence-corrected chi connectivity index (χ2v) is 12.9. The minimum absolute atomic E-state index is 0.0659. The quantitative estimate of drug-likeness (QED) is 0.209. The van der Waals surface area contributed by atoms with Gasteiger partial charge < -0.3 is 14.8 Å². The number of likely N-dealkylation sites (tertiary alicyclic amines) is 1. The van der Waals surface area contributed by atoms with Crippen LogP contribution in [0.2, 0.25) is 5.02 Å². The average Bonchev–Trinajstić information content (AvgIpc) is 3.01. The molecule has 1 aromatic heterocycles. The maximum Gasteiger partial charge on any atom is 0.222 e. The summed E-state index contributed by atoms with van der Waals surface area (Å²) < 4.78 is 9.15. The number of rotatable bonds is 3. The monoisotopic (exact) mass is 688 g/mol. The molecule has 2 aliphatic heterocycles. The van der Waals surface area contributed by atoms with Crippen molar-refractivity contribution in [3.05, 3.63) is 64.4 Å². The molecule has 0 bridgehead atoms. The summed E-state index contributed by atoms with van der Waals surface area (Å²) in [6.45, 7) is 2.99. The Balaban J connectivity index is 1.44. The third kappa shape index (κ3) is 5.33. The van der Waals surface area contributed by atoms with Gasteiger partial charge in [-0.25, -0.2) is 0 Å². The molecule has 2 saturated heterocycles. The van der Waals surface area contributed by atoms with E-state index in [9.17, 15) is 10.0 Å². The maximum absolute atomic E-state index is 13.3. The van der Waals surface area contributed by atoms with Crippen LogP contribution in [0.3, 0.4) is 0 Å². The molecule has 0 unspecified atom stereocenters. The Kier molecular flexibility index (Phi) is 8.14. The topological polar surface area (TPSA) is 56.5 Å². The summed E-state index contributed by atoms with van der Waals surface area (Å²) in [6, 6.07) is 4.02. The van der Waals surface area contributed by atoms with E-state index in [1.165, 1.54) is 5.56 Å². The molecule has 9 heteroatoms. The SMILES string of the molecule is O=C(CC1CCOCC1)N1CCC([C@@H]2c3c(Br)cc(Cl)c(Br)c3CCc3cc(Br)c[n+]([O-])c32)CC1. The molecule has 1 atom stereocenters. The van der Waals surface area contributed by atoms with Crippen LogP contribution in [0.1, 0.15) is 60.4 Å². The number of carbonyl (C=O) groups is 1. The second-order valence-electron chi connectivity index (χ2n) is 9.90. The number of fused-ring (bicyclic) bond motifs is 2. The molecule has 5 rings (SSSR count). The van der Waals surface area contributed by atoms with Crippen LogP contribution >= 0.6 is 59.4 Å². The summed E-state index contributed by atoms with van der Waals surface area (Å²) in [5.41, 5.74) is 4.22. The van der Waals surface area contributed by atoms with E-state index in [1.807, 2.05) is 11.0 Å². The van der Waals surface area contributed by atoms with E-state index in [4.69, 9.17) is 16.3 Å². The fourth-order valence-corrected chi connectivity index (χ4v) is 8.10. The Morgan fingerprint density at radius 3 is 2.54 bits per heavy atom. The van der Waals surface area contributed by atoms with Gasteiger partial charge in [0.1, 0.15) is 0 Å². The summed E-state index contributed by atoms with van der Waals surface area (Å²) in [4.78, 5) is 15.1. The largest absolute Gasteiger partial charge is 0.618 e. The first-order valence-electron chi connectivity index (χ1n) is 12.3. The molecule has 2 fully saturated rings. The number of pyridine rings is 1. The van der Waals surface area contributed by atoms with Crippen molar-refractivity contribution < 1.29 is 14.3 Å². The first-order valence-corrected chi connectivity index (χ1v) is 15.0. The molecule has 0 radical (unpaired) electrons. The Morgan fingerprint density at radius 2 is 1.83 bits per heavy atom. The lowest BCUT2D eigenvalue weighted by Gasteiger charge is -2.37. The number of halogens is 4. The Labute approximate surface area is 236 Å². The number of piperidine rings is 1. The predicted molar refractivity (Wildman–Crippen MR) is 147 cm³/mol. The van der Waals surface area contributed by atoms with Gasteiger partial charge in [-0.15, -0.1) is 0 Å². The molecule has 188 valence electrons. The van der Waals surface area contributed by atoms with Gasteiger partial charge in [0.05, 0.1) is 15.4 Å². The van der Waals surface area contributed by atoms with Crippen LogP contribution in [0.5, 0.6) is 0 Å². The van der Waals surface area contributed by atoms with Crippen LogP contribution in [-0.4, -0.2) is 37.1 Å². The number of aromatic nitrogens is 1. The third-order valence-electron chi connectivity index (χ3n) is 7.85. The Bertz CT molecular complexity index is 1130. The summed E-state index contributed by atoms with van der Waals surface area (Å²) >= 11 is 17.6. The zero-order valence-electron chi connectivity index (χ0n) is 19.4. The number of aryl methyl sites for hydroxylation is 1. The highest BCUT2D eigenvalue weighted by molar-refractivity contribution is 9.11. The van der Waals surface area contributed by atoms with Crippen LogP contribution in [0, 0.1) is 17.0 Å². The fourth-order valence-electron chi connectivity index (χ4n) is 6.04. The van der Waals surface area contributed by atoms with Gasteiger partial charge in [-0.2, -0.15) is 4.73 Å². The average molecular weight is 692 g/mol. The standard InChI is InChI=1S/C26H28Br3ClN2O3/c27-18-12-17-1-2-19-24(20(28)13-21(30)25(19)29)23(26(17)32(34)14-18)16-3-7-31(8-4-16)22(33)11-15-5-9-35-10-6-15/h12-16,23H,1-11H2/t23-/m1/s1. The fraction of sp³-hybridized carbons (Fsp3) is 0.538. The molecule has 1 aromatic carbocycles. The zero-order chi connectivity index (χ0) is 24.7. The van der Waals surface area contributed by atoms with E-state index in [1.54, 1.807) is 6.20 Å². The van der Waals surface area contributed by atoms with E-state index in [0.29, 0.717) is 17.4 Å². The molecule has 35 heavy (non-hydrogen) atoms. The Morgan fingerprint density at radius 1 is 1.11 bits per heavy atom. The molecule has 1 aliphatic carbocycles. The molecule has 0 spiro atoms. The van der Waals surface area contributed by atoms with Crippen LogP contribution in [0.4, 0.5) is 0 Å². The zero-order valence-corrected chi connectivity index (χ0v) is 24.9. The highest BCUT2D eigenvalue weighted by Crippen LogP contribution is 2.48. The maximum atomic E-state index is 13.3. The number of ether oxygens (including phenoxy) is 1. The van der Waals surface area contributed by atoms with Crippen LogP contribution < -0.4 is 4.73 Å². The van der Waals surface area contributed by atoms with Gasteiger partial charge >= 0.3 is 0 Å². The van der Waals surface area contributed by atoms with Gasteiger partial charge in [-0.1, -0.05) is 27.5 Å². The lowest BCUT2D eigenvalue weighted by molar-refractivity contribution is -0.616. The Hall–Kier alpha value is -0.670. The van der Waals surface area contributed by atoms with Gasteiger partial charge in [-0.3, -0.25) is 4.79 Å². The van der Waals surface area contributed by atoms with Gasteiger partial charge in [-0.05, 0) is 105 Å². The summed E-state index contributed by atoms with van der Waals surface area (Å²) in [5, 5.41) is 14.0. The molecule has 1 amide bonds. The summed E-state index contributed by atoms with van der Waals surface area (Å²) in [7, 11) is 0. The summed E-state index contributed by atoms with van der Waals surface area (Å²) in [5.74, 6) is 0.883. The third-order valence-corrected chi connectivity index (χ3v) is 10.4. The van der Waals surface area contributed by atoms with E-state index in [0.717, 1.165) is 99.8 Å². The number of hydrogen-bond donors (Lipinski definition) is 0. The molecule has 3 heterocycles. The van der Waals surface area contributed by atoms with Crippen molar-refractivity contribution in [1.29, 1.82) is 0 Å². The second kappa shape index (κ2) is 11.0. The van der Waals surface area contributed by atoms with Gasteiger partial charge in [0.25, 0.3) is 0 Å². The molecule has 5 nitrogen and oxygen atoms in total. The first kappa shape index (κ1) is 26.0. The lowest BCUT2D eigenvalue weighted by atomic mass is 9.76. The minimum atomic E-state index is -0.0659. The number of carbonyl (C=O) groups excluding carboxylic acids is 1. The van der Waals surface area contributed by atoms with Crippen LogP contribution in [0.15, 0.2) is 31.7 Å². The summed E-state index contributed by atoms with van der Waals surface area (Å²) in [6.07, 6.45) is 7.49. The highest BCUT2D eigenvalue weighted by Gasteiger charge is 2.40. The van der Waals surface area contributed by atoms with Gasteiger partial charge in [0, 0.05) is 47.2 Å². The van der Waals surface area contributed by atoms with Crippen molar-refractivity contribution in [2.75, 3.05) is 26.3 Å². The van der Waals surface area contributed by atoms with Gasteiger partial charge in [0.2, 0.25) is 11.6 Å². The molecule has 0 N–H and O–H groups in total. The van der Waals surface area contributed by atoms with E-state index < -0.39 is 0 Å². The highest BCUT2D eigenvalue weighted by atomic mass is 79.9. The van der Waals surface area contributed by atoms with Gasteiger partial charge in [0.15, 0.2) is 6.20 Å². The van der Waals surface area contributed by atoms with E-state index >= 15 is 0 Å².